The Bertz CT molecular complexity index is 2340. The maximum absolute atomic E-state index is 14.2. The molecule has 1 unspecified atom stereocenters. The second-order valence-electron chi connectivity index (χ2n) is 14.7. The first-order chi connectivity index (χ1) is 27.2. The highest BCUT2D eigenvalue weighted by Crippen LogP contribution is 2.41. The monoisotopic (exact) mass is 782 g/mol. The van der Waals surface area contributed by atoms with Gasteiger partial charge in [0.25, 0.3) is 6.43 Å². The highest BCUT2D eigenvalue weighted by atomic mass is 35.5. The topological polar surface area (TPSA) is 114 Å². The lowest BCUT2D eigenvalue weighted by molar-refractivity contribution is 0.141. The zero-order valence-electron chi connectivity index (χ0n) is 31.7. The molecule has 8 rings (SSSR count). The summed E-state index contributed by atoms with van der Waals surface area (Å²) in [6.07, 6.45) is 7.12. The van der Waals surface area contributed by atoms with Crippen molar-refractivity contribution in [2.75, 3.05) is 39.7 Å². The first kappa shape index (κ1) is 37.9. The molecule has 2 N–H and O–H groups in total. The van der Waals surface area contributed by atoms with E-state index in [1.807, 2.05) is 53.2 Å². The van der Waals surface area contributed by atoms with Gasteiger partial charge in [0.1, 0.15) is 17.0 Å². The van der Waals surface area contributed by atoms with Gasteiger partial charge in [-0.2, -0.15) is 5.10 Å². The molecule has 0 amide bonds. The number of halogens is 3. The molecule has 2 aliphatic rings. The van der Waals surface area contributed by atoms with Gasteiger partial charge in [-0.3, -0.25) is 14.8 Å². The molecule has 0 bridgehead atoms. The first-order valence-electron chi connectivity index (χ1n) is 19.0. The lowest BCUT2D eigenvalue weighted by atomic mass is 9.94. The maximum Gasteiger partial charge on any atom is 0.297 e. The number of nitrogens with one attached hydrogen (secondary N) is 1. The number of nitrogens with zero attached hydrogens (tertiary/aromatic N) is 7. The largest absolute Gasteiger partial charge is 0.496 e. The minimum Gasteiger partial charge on any atom is -0.496 e. The van der Waals surface area contributed by atoms with Gasteiger partial charge in [0.05, 0.1) is 59.5 Å². The predicted molar refractivity (Wildman–Crippen MR) is 214 cm³/mol. The van der Waals surface area contributed by atoms with Crippen molar-refractivity contribution in [2.45, 2.75) is 70.2 Å². The Morgan fingerprint density at radius 1 is 0.964 bits per heavy atom. The number of pyridine rings is 1. The Morgan fingerprint density at radius 2 is 1.71 bits per heavy atom. The van der Waals surface area contributed by atoms with E-state index in [1.165, 1.54) is 19.3 Å². The first-order valence-corrected chi connectivity index (χ1v) is 19.4. The fourth-order valence-electron chi connectivity index (χ4n) is 8.17. The van der Waals surface area contributed by atoms with Crippen LogP contribution in [0.5, 0.6) is 11.5 Å². The van der Waals surface area contributed by atoms with E-state index in [4.69, 9.17) is 26.2 Å². The SMILES string of the molecule is COc1cc(-n2ncc3c(-c4cccc(Nc5nc(C(F)F)nc6cc(CN(C)C7CCCCC7)cnc56)c4Cl)cccc32)cc(OC)c1CN1CCC(O)C1. The molecule has 3 aromatic heterocycles. The number of ether oxygens (including phenoxy) is 2. The molecule has 6 aromatic rings. The number of aliphatic hydroxyl groups is 1. The molecule has 1 atom stereocenters. The molecular weight excluding hydrogens is 738 g/mol. The Labute approximate surface area is 329 Å². The lowest BCUT2D eigenvalue weighted by Crippen LogP contribution is -2.32. The van der Waals surface area contributed by atoms with Crippen LogP contribution in [0.15, 0.2) is 67.0 Å². The van der Waals surface area contributed by atoms with Crippen LogP contribution >= 0.6 is 11.6 Å². The number of alkyl halides is 2. The third kappa shape index (κ3) is 7.60. The number of β-amino-alcohol motifs (C(OH)–C–C–N with tert-alkyl or cyclic N) is 1. The second-order valence-corrected chi connectivity index (χ2v) is 15.1. The summed E-state index contributed by atoms with van der Waals surface area (Å²) in [5, 5.41) is 19.3. The number of aliphatic hydroxyl groups excluding tert-OH is 1. The van der Waals surface area contributed by atoms with Gasteiger partial charge in [0, 0.05) is 61.5 Å². The van der Waals surface area contributed by atoms with Crippen molar-refractivity contribution in [3.8, 4) is 28.3 Å². The number of likely N-dealkylation sites (tertiary alicyclic amines) is 1. The number of hydrogen-bond acceptors (Lipinski definition) is 10. The van der Waals surface area contributed by atoms with Crippen LogP contribution < -0.4 is 14.8 Å². The molecule has 0 radical (unpaired) electrons. The van der Waals surface area contributed by atoms with Crippen LogP contribution in [0.25, 0.3) is 38.8 Å². The molecule has 292 valence electrons. The van der Waals surface area contributed by atoms with E-state index >= 15 is 0 Å². The van der Waals surface area contributed by atoms with Crippen molar-refractivity contribution in [1.82, 2.24) is 34.5 Å². The van der Waals surface area contributed by atoms with Gasteiger partial charge in [0.15, 0.2) is 11.6 Å². The highest BCUT2D eigenvalue weighted by molar-refractivity contribution is 6.36. The molecule has 14 heteroatoms. The molecule has 1 aliphatic carbocycles. The number of benzene rings is 3. The molecule has 1 saturated carbocycles. The zero-order chi connectivity index (χ0) is 38.9. The van der Waals surface area contributed by atoms with Crippen molar-refractivity contribution in [3.63, 3.8) is 0 Å². The number of rotatable bonds is 12. The van der Waals surface area contributed by atoms with E-state index in [9.17, 15) is 13.9 Å². The minimum absolute atomic E-state index is 0.148. The number of anilines is 2. The van der Waals surface area contributed by atoms with E-state index in [0.29, 0.717) is 64.5 Å². The van der Waals surface area contributed by atoms with Crippen LogP contribution in [0.2, 0.25) is 5.02 Å². The molecule has 1 saturated heterocycles. The standard InChI is InChI=1S/C42H45ClF2N8O3/c1-51(26-9-5-4-6-10-26)22-25-17-34-39(46-20-25)41(50-42(49-34)40(44)45)48-33-13-7-12-30(38(33)43)29-11-8-14-35-31(29)21-47-53(35)27-18-36(55-2)32(37(19-27)56-3)24-52-16-15-28(54)23-52/h7-8,11-14,17-21,26,28,40,54H,4-6,9-10,15-16,22-24H2,1-3H3,(H,48,49,50). The molecule has 3 aromatic carbocycles. The average Bonchev–Trinajstić information content (AvgIpc) is 3.84. The normalized spacial score (nSPS) is 16.8. The van der Waals surface area contributed by atoms with Crippen LogP contribution in [0.4, 0.5) is 20.3 Å². The molecule has 4 heterocycles. The number of methoxy groups -OCH3 is 2. The van der Waals surface area contributed by atoms with Gasteiger partial charge >= 0.3 is 0 Å². The number of fused-ring (bicyclic) bond motifs is 2. The summed E-state index contributed by atoms with van der Waals surface area (Å²) in [4.78, 5) is 17.6. The molecule has 11 nitrogen and oxygen atoms in total. The second kappa shape index (κ2) is 16.3. The van der Waals surface area contributed by atoms with Gasteiger partial charge in [0.2, 0.25) is 0 Å². The van der Waals surface area contributed by atoms with Crippen molar-refractivity contribution < 1.29 is 23.4 Å². The molecule has 0 spiro atoms. The van der Waals surface area contributed by atoms with Crippen molar-refractivity contribution in [2.24, 2.45) is 0 Å². The third-order valence-electron chi connectivity index (χ3n) is 11.1. The minimum atomic E-state index is -2.88. The van der Waals surface area contributed by atoms with Crippen molar-refractivity contribution >= 4 is 45.0 Å². The van der Waals surface area contributed by atoms with Gasteiger partial charge in [-0.25, -0.2) is 23.4 Å². The summed E-state index contributed by atoms with van der Waals surface area (Å²) >= 11 is 7.14. The zero-order valence-corrected chi connectivity index (χ0v) is 32.4. The Kier molecular flexibility index (Phi) is 11.0. The summed E-state index contributed by atoms with van der Waals surface area (Å²) in [6.45, 7) is 2.63. The summed E-state index contributed by atoms with van der Waals surface area (Å²) in [5.74, 6) is 0.884. The van der Waals surface area contributed by atoms with Crippen LogP contribution in [0.1, 0.15) is 61.9 Å². The van der Waals surface area contributed by atoms with E-state index in [1.54, 1.807) is 32.7 Å². The van der Waals surface area contributed by atoms with Gasteiger partial charge < -0.3 is 19.9 Å². The fourth-order valence-corrected chi connectivity index (χ4v) is 8.45. The summed E-state index contributed by atoms with van der Waals surface area (Å²) in [5.41, 5.74) is 6.12. The summed E-state index contributed by atoms with van der Waals surface area (Å²) in [6, 6.07) is 17.6. The average molecular weight is 783 g/mol. The quantitative estimate of drug-likeness (QED) is 0.125. The van der Waals surface area contributed by atoms with Gasteiger partial charge in [-0.15, -0.1) is 0 Å². The van der Waals surface area contributed by atoms with Crippen LogP contribution in [0, 0.1) is 0 Å². The van der Waals surface area contributed by atoms with Crippen LogP contribution in [-0.2, 0) is 13.1 Å². The molecule has 1 aliphatic heterocycles. The van der Waals surface area contributed by atoms with E-state index in [2.05, 4.69) is 37.1 Å². The number of aromatic nitrogens is 5. The Morgan fingerprint density at radius 3 is 2.43 bits per heavy atom. The summed E-state index contributed by atoms with van der Waals surface area (Å²) < 4.78 is 41.8. The van der Waals surface area contributed by atoms with Crippen LogP contribution in [-0.4, -0.2) is 86.1 Å². The fraction of sp³-hybridized carbons (Fsp3) is 0.381. The van der Waals surface area contributed by atoms with Gasteiger partial charge in [-0.1, -0.05) is 55.1 Å². The van der Waals surface area contributed by atoms with E-state index < -0.39 is 12.2 Å². The predicted octanol–water partition coefficient (Wildman–Crippen LogP) is 8.71. The van der Waals surface area contributed by atoms with Gasteiger partial charge in [-0.05, 0) is 55.6 Å². The maximum atomic E-state index is 14.2. The third-order valence-corrected chi connectivity index (χ3v) is 11.5. The van der Waals surface area contributed by atoms with Crippen molar-refractivity contribution in [3.05, 3.63) is 89.0 Å². The Hall–Kier alpha value is -4.95. The molecule has 56 heavy (non-hydrogen) atoms. The molecular formula is C42H45ClF2N8O3. The Balaban J connectivity index is 1.11. The molecule has 2 fully saturated rings. The smallest absolute Gasteiger partial charge is 0.297 e. The summed E-state index contributed by atoms with van der Waals surface area (Å²) in [7, 11) is 5.37. The van der Waals surface area contributed by atoms with E-state index in [-0.39, 0.29) is 11.9 Å². The van der Waals surface area contributed by atoms with E-state index in [0.717, 1.165) is 59.1 Å². The van der Waals surface area contributed by atoms with Crippen molar-refractivity contribution in [1.29, 1.82) is 0 Å². The lowest BCUT2D eigenvalue weighted by Gasteiger charge is -2.31. The number of hydrogen-bond donors (Lipinski definition) is 2. The van der Waals surface area contributed by atoms with Crippen LogP contribution in [0.3, 0.4) is 0 Å². The highest BCUT2D eigenvalue weighted by Gasteiger charge is 2.25.